The molecule has 16 heavy (non-hydrogen) atoms. The van der Waals surface area contributed by atoms with Crippen molar-refractivity contribution in [2.75, 3.05) is 0 Å². The molecule has 2 N–H and O–H groups in total. The summed E-state index contributed by atoms with van der Waals surface area (Å²) in [6.07, 6.45) is 4.06. The van der Waals surface area contributed by atoms with Crippen LogP contribution < -0.4 is 0 Å². The summed E-state index contributed by atoms with van der Waals surface area (Å²) in [5, 5.41) is 18.7. The molecule has 1 aliphatic carbocycles. The van der Waals surface area contributed by atoms with Crippen LogP contribution in [-0.4, -0.2) is 16.2 Å². The molecule has 3 nitrogen and oxygen atoms in total. The van der Waals surface area contributed by atoms with Crippen LogP contribution in [0.15, 0.2) is 10.5 Å². The fraction of sp³-hybridized carbons (Fsp3) is 0.417. The van der Waals surface area contributed by atoms with Gasteiger partial charge in [0.05, 0.1) is 10.9 Å². The smallest absolute Gasteiger partial charge is 0.307 e. The fourth-order valence-corrected chi connectivity index (χ4v) is 2.91. The van der Waals surface area contributed by atoms with Crippen molar-refractivity contribution in [1.29, 1.82) is 0 Å². The Hall–Kier alpha value is -1.03. The number of phenols is 1. The molecule has 0 aliphatic heterocycles. The van der Waals surface area contributed by atoms with Crippen LogP contribution >= 0.6 is 15.9 Å². The molecule has 1 aromatic rings. The lowest BCUT2D eigenvalue weighted by Crippen LogP contribution is -2.07. The first-order valence-corrected chi connectivity index (χ1v) is 6.12. The van der Waals surface area contributed by atoms with E-state index < -0.39 is 5.97 Å². The minimum Gasteiger partial charge on any atom is -0.506 e. The topological polar surface area (TPSA) is 57.5 Å². The second kappa shape index (κ2) is 4.45. The van der Waals surface area contributed by atoms with E-state index in [4.69, 9.17) is 5.11 Å². The van der Waals surface area contributed by atoms with E-state index >= 15 is 0 Å². The minimum atomic E-state index is -0.919. The quantitative estimate of drug-likeness (QED) is 0.878. The largest absolute Gasteiger partial charge is 0.506 e. The number of fused-ring (bicyclic) bond motifs is 1. The summed E-state index contributed by atoms with van der Waals surface area (Å²) in [6.45, 7) is 0. The minimum absolute atomic E-state index is 0.0862. The third-order valence-electron chi connectivity index (χ3n) is 2.98. The van der Waals surface area contributed by atoms with Crippen molar-refractivity contribution in [3.63, 3.8) is 0 Å². The Balaban J connectivity index is 2.48. The number of aromatic hydroxyl groups is 1. The van der Waals surface area contributed by atoms with Crippen LogP contribution in [0.3, 0.4) is 0 Å². The van der Waals surface area contributed by atoms with Crippen LogP contribution in [0.2, 0.25) is 0 Å². The van der Waals surface area contributed by atoms with Gasteiger partial charge in [-0.15, -0.1) is 0 Å². The van der Waals surface area contributed by atoms with Crippen LogP contribution in [0.5, 0.6) is 5.75 Å². The number of carboxylic acid groups (broad SMARTS) is 1. The molecule has 0 amide bonds. The van der Waals surface area contributed by atoms with Crippen molar-refractivity contribution in [3.8, 4) is 5.75 Å². The maximum absolute atomic E-state index is 10.7. The van der Waals surface area contributed by atoms with E-state index in [1.807, 2.05) is 6.07 Å². The van der Waals surface area contributed by atoms with Crippen molar-refractivity contribution in [2.24, 2.45) is 0 Å². The molecule has 0 spiro atoms. The zero-order chi connectivity index (χ0) is 11.7. The lowest BCUT2D eigenvalue weighted by molar-refractivity contribution is -0.136. The molecule has 0 saturated carbocycles. The van der Waals surface area contributed by atoms with Gasteiger partial charge in [0, 0.05) is 5.56 Å². The van der Waals surface area contributed by atoms with Gasteiger partial charge in [0.2, 0.25) is 0 Å². The third kappa shape index (κ3) is 2.07. The number of phenolic OH excluding ortho intramolecular Hbond substituents is 1. The number of hydrogen-bond donors (Lipinski definition) is 2. The second-order valence-corrected chi connectivity index (χ2v) is 4.91. The molecule has 0 atom stereocenters. The molecule has 0 saturated heterocycles. The number of hydrogen-bond acceptors (Lipinski definition) is 2. The molecule has 0 bridgehead atoms. The molecule has 0 aromatic heterocycles. The average molecular weight is 285 g/mol. The van der Waals surface area contributed by atoms with Gasteiger partial charge in [0.25, 0.3) is 0 Å². The van der Waals surface area contributed by atoms with Crippen LogP contribution in [-0.2, 0) is 24.1 Å². The predicted molar refractivity (Wildman–Crippen MR) is 63.8 cm³/mol. The summed E-state index contributed by atoms with van der Waals surface area (Å²) in [5.74, 6) is -0.832. The van der Waals surface area contributed by atoms with Crippen molar-refractivity contribution >= 4 is 21.9 Å². The molecule has 0 heterocycles. The zero-order valence-corrected chi connectivity index (χ0v) is 10.4. The highest BCUT2D eigenvalue weighted by Gasteiger charge is 2.19. The van der Waals surface area contributed by atoms with E-state index in [0.29, 0.717) is 10.0 Å². The van der Waals surface area contributed by atoms with Gasteiger partial charge in [-0.25, -0.2) is 0 Å². The number of halogens is 1. The molecule has 0 radical (unpaired) electrons. The second-order valence-electron chi connectivity index (χ2n) is 4.11. The summed E-state index contributed by atoms with van der Waals surface area (Å²) in [4.78, 5) is 10.7. The summed E-state index contributed by atoms with van der Waals surface area (Å²) in [6, 6.07) is 1.84. The Morgan fingerprint density at radius 3 is 2.75 bits per heavy atom. The first kappa shape index (κ1) is 11.5. The van der Waals surface area contributed by atoms with Gasteiger partial charge in [-0.1, -0.05) is 6.07 Å². The lowest BCUT2D eigenvalue weighted by Gasteiger charge is -2.19. The zero-order valence-electron chi connectivity index (χ0n) is 8.79. The Kier molecular flexibility index (Phi) is 3.19. The van der Waals surface area contributed by atoms with Gasteiger partial charge >= 0.3 is 5.97 Å². The first-order valence-electron chi connectivity index (χ1n) is 5.33. The molecule has 4 heteroatoms. The van der Waals surface area contributed by atoms with Gasteiger partial charge < -0.3 is 10.2 Å². The molecular weight excluding hydrogens is 272 g/mol. The van der Waals surface area contributed by atoms with Gasteiger partial charge in [0.1, 0.15) is 5.75 Å². The predicted octanol–water partition coefficient (Wildman–Crippen LogP) is 2.66. The number of rotatable bonds is 2. The van der Waals surface area contributed by atoms with Crippen molar-refractivity contribution < 1.29 is 15.0 Å². The van der Waals surface area contributed by atoms with E-state index in [1.54, 1.807) is 0 Å². The Morgan fingerprint density at radius 1 is 1.38 bits per heavy atom. The van der Waals surface area contributed by atoms with E-state index in [1.165, 1.54) is 5.56 Å². The van der Waals surface area contributed by atoms with E-state index in [-0.39, 0.29) is 12.2 Å². The summed E-state index contributed by atoms with van der Waals surface area (Å²) in [7, 11) is 0. The van der Waals surface area contributed by atoms with Crippen LogP contribution in [0.4, 0.5) is 0 Å². The Labute approximate surface area is 102 Å². The number of carbonyl (C=O) groups is 1. The number of aliphatic carboxylic acids is 1. The molecule has 2 rings (SSSR count). The number of aryl methyl sites for hydroxylation is 1. The Morgan fingerprint density at radius 2 is 2.06 bits per heavy atom. The molecular formula is C12H13BrO3. The Bertz CT molecular complexity index is 440. The van der Waals surface area contributed by atoms with Crippen molar-refractivity contribution in [2.45, 2.75) is 32.1 Å². The summed E-state index contributed by atoms with van der Waals surface area (Å²) < 4.78 is 0.681. The molecule has 1 aliphatic rings. The molecule has 1 aromatic carbocycles. The summed E-state index contributed by atoms with van der Waals surface area (Å²) >= 11 is 3.36. The maximum Gasteiger partial charge on any atom is 0.307 e. The third-order valence-corrected chi connectivity index (χ3v) is 3.83. The van der Waals surface area contributed by atoms with E-state index in [2.05, 4.69) is 15.9 Å². The van der Waals surface area contributed by atoms with Gasteiger partial charge in [-0.3, -0.25) is 4.79 Å². The average Bonchev–Trinajstić information content (AvgIpc) is 2.25. The van der Waals surface area contributed by atoms with Crippen LogP contribution in [0.25, 0.3) is 0 Å². The van der Waals surface area contributed by atoms with Gasteiger partial charge in [-0.05, 0) is 52.7 Å². The van der Waals surface area contributed by atoms with Crippen molar-refractivity contribution in [1.82, 2.24) is 0 Å². The molecule has 0 unspecified atom stereocenters. The monoisotopic (exact) mass is 284 g/mol. The standard InChI is InChI=1S/C12H13BrO3/c13-11-9-4-2-1-3-7(9)5-8(12(11)16)6-10(14)15/h5,16H,1-4,6H2,(H,14,15). The fourth-order valence-electron chi connectivity index (χ4n) is 2.20. The SMILES string of the molecule is O=C(O)Cc1cc2c(c(Br)c1O)CCCC2. The van der Waals surface area contributed by atoms with E-state index in [9.17, 15) is 9.90 Å². The normalized spacial score (nSPS) is 14.6. The number of benzene rings is 1. The lowest BCUT2D eigenvalue weighted by atomic mass is 9.89. The number of carboxylic acids is 1. The maximum atomic E-state index is 10.7. The van der Waals surface area contributed by atoms with Crippen LogP contribution in [0.1, 0.15) is 29.5 Å². The van der Waals surface area contributed by atoms with Gasteiger partial charge in [-0.2, -0.15) is 0 Å². The highest BCUT2D eigenvalue weighted by molar-refractivity contribution is 9.10. The highest BCUT2D eigenvalue weighted by Crippen LogP contribution is 2.37. The molecule has 86 valence electrons. The molecule has 0 fully saturated rings. The van der Waals surface area contributed by atoms with Gasteiger partial charge in [0.15, 0.2) is 0 Å². The first-order chi connectivity index (χ1) is 7.59. The van der Waals surface area contributed by atoms with E-state index in [0.717, 1.165) is 31.2 Å². The van der Waals surface area contributed by atoms with Crippen molar-refractivity contribution in [3.05, 3.63) is 27.2 Å². The van der Waals surface area contributed by atoms with Crippen LogP contribution in [0, 0.1) is 0 Å². The summed E-state index contributed by atoms with van der Waals surface area (Å²) in [5.41, 5.74) is 2.81. The highest BCUT2D eigenvalue weighted by atomic mass is 79.9.